The summed E-state index contributed by atoms with van der Waals surface area (Å²) in [6.45, 7) is 11.1. The van der Waals surface area contributed by atoms with Gasteiger partial charge in [-0.15, -0.1) is 0 Å². The Kier molecular flexibility index (Phi) is 4.55. The molecule has 0 fully saturated rings. The van der Waals surface area contributed by atoms with Crippen molar-refractivity contribution in [3.63, 3.8) is 0 Å². The predicted molar refractivity (Wildman–Crippen MR) is 117 cm³/mol. The number of rotatable bonds is 1. The number of anilines is 3. The molecule has 1 nitrogen and oxygen atoms in total. The van der Waals surface area contributed by atoms with Crippen LogP contribution in [-0.4, -0.2) is 0 Å². The molecule has 1 heterocycles. The van der Waals surface area contributed by atoms with Gasteiger partial charge in [-0.1, -0.05) is 53.1 Å². The molecule has 1 aliphatic rings. The van der Waals surface area contributed by atoms with Crippen molar-refractivity contribution in [1.29, 1.82) is 0 Å². The van der Waals surface area contributed by atoms with Crippen LogP contribution in [0.2, 0.25) is 0 Å². The van der Waals surface area contributed by atoms with E-state index in [9.17, 15) is 0 Å². The molecular weight excluding hydrogens is 326 g/mol. The zero-order valence-corrected chi connectivity index (χ0v) is 17.2. The molecule has 0 bridgehead atoms. The van der Waals surface area contributed by atoms with Crippen LogP contribution in [0.5, 0.6) is 0 Å². The van der Waals surface area contributed by atoms with Crippen molar-refractivity contribution >= 4 is 17.1 Å². The third kappa shape index (κ3) is 3.27. The smallest absolute Gasteiger partial charge is 0.0520 e. The number of fused-ring (bicyclic) bond motifs is 2. The molecule has 0 aromatic heterocycles. The third-order valence-electron chi connectivity index (χ3n) is 5.70. The summed E-state index contributed by atoms with van der Waals surface area (Å²) in [6, 6.07) is 18.5. The van der Waals surface area contributed by atoms with Crippen LogP contribution >= 0.6 is 0 Å². The largest absolute Gasteiger partial charge is 0.309 e. The van der Waals surface area contributed by atoms with Gasteiger partial charge in [0.05, 0.1) is 5.69 Å². The Hall–Kier alpha value is -2.54. The van der Waals surface area contributed by atoms with Crippen LogP contribution in [0.1, 0.15) is 45.4 Å². The quantitative estimate of drug-likeness (QED) is 0.446. The standard InChI is InChI=1S/C26H29N/c1-17-9-11-24-22(15-17)7-6-8-23-16-18(2)10-12-25(23)27(24)26-20(4)13-19(3)14-21(26)5/h9-16H,6-8H2,1-5H3. The van der Waals surface area contributed by atoms with Crippen LogP contribution in [0.3, 0.4) is 0 Å². The van der Waals surface area contributed by atoms with Crippen LogP contribution in [-0.2, 0) is 12.8 Å². The zero-order valence-electron chi connectivity index (χ0n) is 17.2. The van der Waals surface area contributed by atoms with E-state index in [0.29, 0.717) is 0 Å². The number of aryl methyl sites for hydroxylation is 7. The first-order valence-electron chi connectivity index (χ1n) is 10.0. The maximum atomic E-state index is 2.52. The zero-order chi connectivity index (χ0) is 19.1. The van der Waals surface area contributed by atoms with E-state index in [4.69, 9.17) is 0 Å². The SMILES string of the molecule is Cc1cc(C)c(N2c3ccc(C)cc3CCCc3cc(C)ccc32)c(C)c1. The molecule has 0 saturated heterocycles. The summed E-state index contributed by atoms with van der Waals surface area (Å²) in [5.74, 6) is 0. The highest BCUT2D eigenvalue weighted by molar-refractivity contribution is 5.84. The number of nitrogens with zero attached hydrogens (tertiary/aromatic N) is 1. The van der Waals surface area contributed by atoms with Gasteiger partial charge in [0.1, 0.15) is 0 Å². The van der Waals surface area contributed by atoms with Gasteiger partial charge in [-0.2, -0.15) is 0 Å². The van der Waals surface area contributed by atoms with Gasteiger partial charge in [0.15, 0.2) is 0 Å². The second-order valence-electron chi connectivity index (χ2n) is 8.20. The molecule has 0 saturated carbocycles. The van der Waals surface area contributed by atoms with Crippen molar-refractivity contribution in [1.82, 2.24) is 0 Å². The summed E-state index contributed by atoms with van der Waals surface area (Å²) in [4.78, 5) is 2.52. The molecule has 0 spiro atoms. The average molecular weight is 356 g/mol. The van der Waals surface area contributed by atoms with E-state index in [1.807, 2.05) is 0 Å². The number of benzene rings is 3. The first kappa shape index (κ1) is 17.9. The maximum absolute atomic E-state index is 2.52. The molecule has 1 heteroatoms. The summed E-state index contributed by atoms with van der Waals surface area (Å²) in [6.07, 6.45) is 3.46. The van der Waals surface area contributed by atoms with Crippen LogP contribution < -0.4 is 4.90 Å². The van der Waals surface area contributed by atoms with E-state index in [1.165, 1.54) is 62.4 Å². The first-order valence-corrected chi connectivity index (χ1v) is 10.0. The topological polar surface area (TPSA) is 3.24 Å². The third-order valence-corrected chi connectivity index (χ3v) is 5.70. The monoisotopic (exact) mass is 355 g/mol. The molecule has 3 aromatic carbocycles. The lowest BCUT2D eigenvalue weighted by atomic mass is 9.93. The van der Waals surface area contributed by atoms with Gasteiger partial charge in [0.25, 0.3) is 0 Å². The lowest BCUT2D eigenvalue weighted by Crippen LogP contribution is -2.18. The Labute approximate surface area is 163 Å². The van der Waals surface area contributed by atoms with Crippen molar-refractivity contribution < 1.29 is 0 Å². The normalized spacial score (nSPS) is 13.6. The van der Waals surface area contributed by atoms with Crippen molar-refractivity contribution in [3.05, 3.63) is 87.5 Å². The van der Waals surface area contributed by atoms with Crippen LogP contribution in [0.4, 0.5) is 17.1 Å². The number of hydrogen-bond acceptors (Lipinski definition) is 1. The fourth-order valence-corrected chi connectivity index (χ4v) is 4.63. The molecule has 27 heavy (non-hydrogen) atoms. The fourth-order valence-electron chi connectivity index (χ4n) is 4.63. The first-order chi connectivity index (χ1) is 12.9. The minimum atomic E-state index is 1.13. The lowest BCUT2D eigenvalue weighted by molar-refractivity contribution is 0.808. The molecule has 3 aromatic rings. The Bertz CT molecular complexity index is 936. The van der Waals surface area contributed by atoms with Gasteiger partial charge in [-0.25, -0.2) is 0 Å². The lowest BCUT2D eigenvalue weighted by Gasteiger charge is -2.34. The summed E-state index contributed by atoms with van der Waals surface area (Å²) >= 11 is 0. The summed E-state index contributed by atoms with van der Waals surface area (Å²) in [5, 5.41) is 0. The molecule has 0 N–H and O–H groups in total. The van der Waals surface area contributed by atoms with Gasteiger partial charge < -0.3 is 4.90 Å². The second-order valence-corrected chi connectivity index (χ2v) is 8.20. The molecule has 1 aliphatic heterocycles. The van der Waals surface area contributed by atoms with Gasteiger partial charge >= 0.3 is 0 Å². The molecular formula is C26H29N. The number of hydrogen-bond donors (Lipinski definition) is 0. The van der Waals surface area contributed by atoms with E-state index in [2.05, 4.69) is 88.0 Å². The van der Waals surface area contributed by atoms with Gasteiger partial charge in [-0.05, 0) is 88.3 Å². The molecule has 0 amide bonds. The van der Waals surface area contributed by atoms with Crippen molar-refractivity contribution in [2.45, 2.75) is 53.9 Å². The Morgan fingerprint density at radius 3 is 1.56 bits per heavy atom. The molecule has 0 atom stereocenters. The molecule has 0 radical (unpaired) electrons. The van der Waals surface area contributed by atoms with E-state index in [0.717, 1.165) is 12.8 Å². The van der Waals surface area contributed by atoms with Crippen molar-refractivity contribution in [2.75, 3.05) is 4.90 Å². The Morgan fingerprint density at radius 2 is 1.07 bits per heavy atom. The van der Waals surface area contributed by atoms with E-state index in [-0.39, 0.29) is 0 Å². The summed E-state index contributed by atoms with van der Waals surface area (Å²) in [7, 11) is 0. The molecule has 0 aliphatic carbocycles. The summed E-state index contributed by atoms with van der Waals surface area (Å²) < 4.78 is 0. The van der Waals surface area contributed by atoms with Gasteiger partial charge in [0.2, 0.25) is 0 Å². The highest BCUT2D eigenvalue weighted by atomic mass is 15.2. The van der Waals surface area contributed by atoms with E-state index in [1.54, 1.807) is 0 Å². The fraction of sp³-hybridized carbons (Fsp3) is 0.308. The average Bonchev–Trinajstić information content (AvgIpc) is 2.58. The van der Waals surface area contributed by atoms with Crippen LogP contribution in [0.15, 0.2) is 48.5 Å². The highest BCUT2D eigenvalue weighted by Crippen LogP contribution is 2.44. The second kappa shape index (κ2) is 6.88. The predicted octanol–water partition coefficient (Wildman–Crippen LogP) is 7.19. The Balaban J connectivity index is 2.04. The van der Waals surface area contributed by atoms with Gasteiger partial charge in [-0.3, -0.25) is 0 Å². The minimum Gasteiger partial charge on any atom is -0.309 e. The highest BCUT2D eigenvalue weighted by Gasteiger charge is 2.23. The van der Waals surface area contributed by atoms with Crippen molar-refractivity contribution in [3.8, 4) is 0 Å². The van der Waals surface area contributed by atoms with Gasteiger partial charge in [0, 0.05) is 11.4 Å². The van der Waals surface area contributed by atoms with E-state index < -0.39 is 0 Å². The maximum Gasteiger partial charge on any atom is 0.0520 e. The Morgan fingerprint density at radius 1 is 0.593 bits per heavy atom. The van der Waals surface area contributed by atoms with Crippen LogP contribution in [0.25, 0.3) is 0 Å². The van der Waals surface area contributed by atoms with E-state index >= 15 is 0 Å². The molecule has 0 unspecified atom stereocenters. The van der Waals surface area contributed by atoms with Crippen molar-refractivity contribution in [2.24, 2.45) is 0 Å². The van der Waals surface area contributed by atoms with Crippen LogP contribution in [0, 0.1) is 34.6 Å². The molecule has 4 rings (SSSR count). The summed E-state index contributed by atoms with van der Waals surface area (Å²) in [5.41, 5.74) is 13.6. The minimum absolute atomic E-state index is 1.13. The molecule has 138 valence electrons.